The van der Waals surface area contributed by atoms with Crippen molar-refractivity contribution in [1.29, 1.82) is 5.26 Å². The van der Waals surface area contributed by atoms with Crippen LogP contribution in [0.5, 0.6) is 0 Å². The molecule has 0 aliphatic carbocycles. The van der Waals surface area contributed by atoms with Gasteiger partial charge in [0, 0.05) is 33.2 Å². The van der Waals surface area contributed by atoms with Crippen LogP contribution >= 0.6 is 0 Å². The zero-order valence-corrected chi connectivity index (χ0v) is 10.1. The molecule has 1 aliphatic rings. The molecule has 0 aromatic heterocycles. The lowest BCUT2D eigenvalue weighted by molar-refractivity contribution is -0.122. The van der Waals surface area contributed by atoms with Crippen LogP contribution in [0.2, 0.25) is 0 Å². The summed E-state index contributed by atoms with van der Waals surface area (Å²) in [4.78, 5) is 15.5. The van der Waals surface area contributed by atoms with Crippen molar-refractivity contribution < 1.29 is 4.79 Å². The van der Waals surface area contributed by atoms with Gasteiger partial charge in [-0.15, -0.1) is 0 Å². The summed E-state index contributed by atoms with van der Waals surface area (Å²) in [7, 11) is 1.65. The van der Waals surface area contributed by atoms with Crippen molar-refractivity contribution in [2.75, 3.05) is 39.8 Å². The van der Waals surface area contributed by atoms with Crippen molar-refractivity contribution in [2.45, 2.75) is 19.4 Å². The molecule has 1 fully saturated rings. The average molecular weight is 224 g/mol. The Bertz CT molecular complexity index is 266. The molecule has 1 heterocycles. The van der Waals surface area contributed by atoms with E-state index >= 15 is 0 Å². The first-order chi connectivity index (χ1) is 7.71. The zero-order valence-electron chi connectivity index (χ0n) is 10.1. The molecule has 1 unspecified atom stereocenters. The molecule has 5 heteroatoms. The Morgan fingerprint density at radius 3 is 2.50 bits per heavy atom. The van der Waals surface area contributed by atoms with E-state index in [9.17, 15) is 4.79 Å². The lowest BCUT2D eigenvalue weighted by atomic mass is 10.2. The van der Waals surface area contributed by atoms with Crippen LogP contribution in [0, 0.1) is 11.3 Å². The summed E-state index contributed by atoms with van der Waals surface area (Å²) < 4.78 is 0. The number of nitriles is 1. The summed E-state index contributed by atoms with van der Waals surface area (Å²) in [5, 5.41) is 11.6. The standard InChI is InChI=1S/C11H20N4O/c1-3-10(8-12)15-6-4-14(5-7-15)9-11(16)13-2/h10H,3-7,9H2,1-2H3,(H,13,16). The fourth-order valence-electron chi connectivity index (χ4n) is 1.95. The number of carbonyl (C=O) groups is 1. The summed E-state index contributed by atoms with van der Waals surface area (Å²) in [6, 6.07) is 2.35. The second-order valence-electron chi connectivity index (χ2n) is 4.04. The predicted molar refractivity (Wildman–Crippen MR) is 61.8 cm³/mol. The number of piperazine rings is 1. The first-order valence-electron chi connectivity index (χ1n) is 5.77. The van der Waals surface area contributed by atoms with Gasteiger partial charge in [0.15, 0.2) is 0 Å². The van der Waals surface area contributed by atoms with Crippen LogP contribution in [-0.2, 0) is 4.79 Å². The highest BCUT2D eigenvalue weighted by Gasteiger charge is 2.23. The molecule has 1 aliphatic heterocycles. The van der Waals surface area contributed by atoms with E-state index in [4.69, 9.17) is 5.26 Å². The minimum absolute atomic E-state index is 0.0298. The van der Waals surface area contributed by atoms with Gasteiger partial charge in [0.2, 0.25) is 5.91 Å². The maximum Gasteiger partial charge on any atom is 0.233 e. The van der Waals surface area contributed by atoms with Crippen molar-refractivity contribution in [2.24, 2.45) is 0 Å². The maximum atomic E-state index is 11.2. The Kier molecular flexibility index (Phi) is 5.23. The average Bonchev–Trinajstić information content (AvgIpc) is 2.32. The van der Waals surface area contributed by atoms with E-state index in [1.807, 2.05) is 6.92 Å². The molecule has 1 saturated heterocycles. The number of hydrogen-bond acceptors (Lipinski definition) is 4. The summed E-state index contributed by atoms with van der Waals surface area (Å²) >= 11 is 0. The third-order valence-corrected chi connectivity index (χ3v) is 3.03. The number of hydrogen-bond donors (Lipinski definition) is 1. The van der Waals surface area contributed by atoms with Gasteiger partial charge in [-0.25, -0.2) is 0 Å². The molecule has 5 nitrogen and oxygen atoms in total. The Morgan fingerprint density at radius 2 is 2.06 bits per heavy atom. The first kappa shape index (κ1) is 12.9. The molecule has 0 aromatic rings. The fourth-order valence-corrected chi connectivity index (χ4v) is 1.95. The van der Waals surface area contributed by atoms with E-state index in [1.54, 1.807) is 7.05 Å². The Morgan fingerprint density at radius 1 is 1.44 bits per heavy atom. The van der Waals surface area contributed by atoms with Gasteiger partial charge >= 0.3 is 0 Å². The van der Waals surface area contributed by atoms with Gasteiger partial charge < -0.3 is 5.32 Å². The van der Waals surface area contributed by atoms with Gasteiger partial charge in [-0.1, -0.05) is 6.92 Å². The molecule has 90 valence electrons. The normalized spacial score (nSPS) is 20.1. The van der Waals surface area contributed by atoms with Crippen molar-refractivity contribution in [3.05, 3.63) is 0 Å². The monoisotopic (exact) mass is 224 g/mol. The molecule has 0 saturated carbocycles. The smallest absolute Gasteiger partial charge is 0.233 e. The van der Waals surface area contributed by atoms with Gasteiger partial charge in [0.05, 0.1) is 18.7 Å². The molecular weight excluding hydrogens is 204 g/mol. The summed E-state index contributed by atoms with van der Waals surface area (Å²) in [5.41, 5.74) is 0. The highest BCUT2D eigenvalue weighted by Crippen LogP contribution is 2.08. The van der Waals surface area contributed by atoms with E-state index in [2.05, 4.69) is 21.2 Å². The number of rotatable bonds is 4. The molecule has 0 radical (unpaired) electrons. The van der Waals surface area contributed by atoms with Crippen LogP contribution in [0.25, 0.3) is 0 Å². The number of amides is 1. The maximum absolute atomic E-state index is 11.2. The predicted octanol–water partition coefficient (Wildman–Crippen LogP) is -0.348. The Balaban J connectivity index is 2.34. The fraction of sp³-hybridized carbons (Fsp3) is 0.818. The van der Waals surface area contributed by atoms with Crippen LogP contribution in [-0.4, -0.2) is 61.5 Å². The SMILES string of the molecule is CCC(C#N)N1CCN(CC(=O)NC)CC1. The summed E-state index contributed by atoms with van der Waals surface area (Å²) in [6.45, 7) is 5.99. The number of likely N-dealkylation sites (N-methyl/N-ethyl adjacent to an activating group) is 1. The van der Waals surface area contributed by atoms with Crippen LogP contribution < -0.4 is 5.32 Å². The van der Waals surface area contributed by atoms with Crippen molar-refractivity contribution in [3.63, 3.8) is 0 Å². The molecule has 0 aromatic carbocycles. The van der Waals surface area contributed by atoms with Crippen molar-refractivity contribution >= 4 is 5.91 Å². The molecular formula is C11H20N4O. The Hall–Kier alpha value is -1.12. The largest absolute Gasteiger partial charge is 0.358 e. The van der Waals surface area contributed by atoms with Crippen LogP contribution in [0.4, 0.5) is 0 Å². The highest BCUT2D eigenvalue weighted by molar-refractivity contribution is 5.77. The lowest BCUT2D eigenvalue weighted by Gasteiger charge is -2.36. The Labute approximate surface area is 97.0 Å². The minimum Gasteiger partial charge on any atom is -0.358 e. The van der Waals surface area contributed by atoms with Gasteiger partial charge in [0.25, 0.3) is 0 Å². The first-order valence-corrected chi connectivity index (χ1v) is 5.77. The van der Waals surface area contributed by atoms with Crippen molar-refractivity contribution in [3.8, 4) is 6.07 Å². The number of nitrogens with one attached hydrogen (secondary N) is 1. The van der Waals surface area contributed by atoms with Crippen LogP contribution in [0.3, 0.4) is 0 Å². The van der Waals surface area contributed by atoms with Crippen molar-refractivity contribution in [1.82, 2.24) is 15.1 Å². The molecule has 1 N–H and O–H groups in total. The molecule has 0 bridgehead atoms. The third kappa shape index (κ3) is 3.47. The molecule has 1 amide bonds. The summed E-state index contributed by atoms with van der Waals surface area (Å²) in [6.07, 6.45) is 0.867. The zero-order chi connectivity index (χ0) is 12.0. The minimum atomic E-state index is 0.0298. The quantitative estimate of drug-likeness (QED) is 0.709. The third-order valence-electron chi connectivity index (χ3n) is 3.03. The van der Waals surface area contributed by atoms with E-state index in [-0.39, 0.29) is 11.9 Å². The summed E-state index contributed by atoms with van der Waals surface area (Å²) in [5.74, 6) is 0.0563. The second kappa shape index (κ2) is 6.46. The topological polar surface area (TPSA) is 59.4 Å². The molecule has 16 heavy (non-hydrogen) atoms. The van der Waals surface area contributed by atoms with E-state index in [0.717, 1.165) is 32.6 Å². The molecule has 1 atom stereocenters. The van der Waals surface area contributed by atoms with Crippen LogP contribution in [0.15, 0.2) is 0 Å². The van der Waals surface area contributed by atoms with E-state index in [0.29, 0.717) is 6.54 Å². The number of nitrogens with zero attached hydrogens (tertiary/aromatic N) is 3. The highest BCUT2D eigenvalue weighted by atomic mass is 16.1. The second-order valence-corrected chi connectivity index (χ2v) is 4.04. The van der Waals surface area contributed by atoms with E-state index < -0.39 is 0 Å². The van der Waals surface area contributed by atoms with Crippen LogP contribution in [0.1, 0.15) is 13.3 Å². The van der Waals surface area contributed by atoms with E-state index in [1.165, 1.54) is 0 Å². The van der Waals surface area contributed by atoms with Gasteiger partial charge in [-0.2, -0.15) is 5.26 Å². The van der Waals surface area contributed by atoms with Gasteiger partial charge in [0.1, 0.15) is 0 Å². The molecule has 0 spiro atoms. The molecule has 1 rings (SSSR count). The van der Waals surface area contributed by atoms with Gasteiger partial charge in [-0.05, 0) is 6.42 Å². The lowest BCUT2D eigenvalue weighted by Crippen LogP contribution is -2.51. The van der Waals surface area contributed by atoms with Gasteiger partial charge in [-0.3, -0.25) is 14.6 Å². The number of carbonyl (C=O) groups excluding carboxylic acids is 1.